The van der Waals surface area contributed by atoms with Crippen LogP contribution in [0.3, 0.4) is 0 Å². The molecular formula is C15H22N2O3. The summed E-state index contributed by atoms with van der Waals surface area (Å²) in [4.78, 5) is 24.9. The maximum Gasteiger partial charge on any atom is 0.253 e. The third-order valence-corrected chi connectivity index (χ3v) is 2.89. The molecule has 0 spiro atoms. The number of nitrogens with zero attached hydrogens (tertiary/aromatic N) is 1. The summed E-state index contributed by atoms with van der Waals surface area (Å²) in [5, 5.41) is 11.7. The first-order chi connectivity index (χ1) is 9.58. The van der Waals surface area contributed by atoms with E-state index in [1.54, 1.807) is 29.2 Å². The Morgan fingerprint density at radius 1 is 1.20 bits per heavy atom. The summed E-state index contributed by atoms with van der Waals surface area (Å²) in [5.74, 6) is -0.240. The Kier molecular flexibility index (Phi) is 6.73. The van der Waals surface area contributed by atoms with E-state index < -0.39 is 0 Å². The molecule has 0 aromatic heterocycles. The first-order valence-corrected chi connectivity index (χ1v) is 6.86. The first-order valence-electron chi connectivity index (χ1n) is 6.86. The van der Waals surface area contributed by atoms with E-state index >= 15 is 0 Å². The third kappa shape index (κ3) is 5.01. The van der Waals surface area contributed by atoms with Crippen molar-refractivity contribution in [1.29, 1.82) is 0 Å². The van der Waals surface area contributed by atoms with Crippen molar-refractivity contribution in [3.05, 3.63) is 29.8 Å². The van der Waals surface area contributed by atoms with Gasteiger partial charge in [0.1, 0.15) is 0 Å². The number of unbranched alkanes of at least 4 members (excludes halogenated alkanes) is 1. The van der Waals surface area contributed by atoms with Crippen molar-refractivity contribution in [3.8, 4) is 0 Å². The van der Waals surface area contributed by atoms with Crippen molar-refractivity contribution in [2.75, 3.05) is 25.0 Å². The molecular weight excluding hydrogens is 256 g/mol. The molecule has 110 valence electrons. The van der Waals surface area contributed by atoms with Crippen LogP contribution in [0.25, 0.3) is 0 Å². The monoisotopic (exact) mass is 278 g/mol. The predicted molar refractivity (Wildman–Crippen MR) is 78.6 cm³/mol. The number of nitrogens with one attached hydrogen (secondary N) is 1. The highest BCUT2D eigenvalue weighted by Crippen LogP contribution is 2.12. The number of carbonyl (C=O) groups is 2. The number of hydrogen-bond acceptors (Lipinski definition) is 3. The number of amides is 2. The minimum atomic E-state index is -0.145. The van der Waals surface area contributed by atoms with E-state index in [9.17, 15) is 9.59 Å². The largest absolute Gasteiger partial charge is 0.395 e. The van der Waals surface area contributed by atoms with Gasteiger partial charge >= 0.3 is 0 Å². The second-order valence-corrected chi connectivity index (χ2v) is 4.63. The maximum absolute atomic E-state index is 12.3. The summed E-state index contributed by atoms with van der Waals surface area (Å²) in [6, 6.07) is 6.77. The van der Waals surface area contributed by atoms with Crippen LogP contribution in [0.4, 0.5) is 5.69 Å². The van der Waals surface area contributed by atoms with Crippen LogP contribution in [0.5, 0.6) is 0 Å². The molecule has 2 amide bonds. The van der Waals surface area contributed by atoms with Gasteiger partial charge in [-0.2, -0.15) is 0 Å². The van der Waals surface area contributed by atoms with Gasteiger partial charge in [-0.25, -0.2) is 0 Å². The van der Waals surface area contributed by atoms with Crippen molar-refractivity contribution in [2.24, 2.45) is 0 Å². The fraction of sp³-hybridized carbons (Fsp3) is 0.467. The molecule has 0 heterocycles. The van der Waals surface area contributed by atoms with Crippen LogP contribution >= 0.6 is 0 Å². The molecule has 0 fully saturated rings. The Morgan fingerprint density at radius 3 is 2.35 bits per heavy atom. The molecule has 0 radical (unpaired) electrons. The quantitative estimate of drug-likeness (QED) is 0.800. The van der Waals surface area contributed by atoms with Gasteiger partial charge in [0.15, 0.2) is 0 Å². The average molecular weight is 278 g/mol. The summed E-state index contributed by atoms with van der Waals surface area (Å²) in [5.41, 5.74) is 1.22. The van der Waals surface area contributed by atoms with Gasteiger partial charge in [-0.15, -0.1) is 0 Å². The van der Waals surface area contributed by atoms with E-state index in [1.165, 1.54) is 6.92 Å². The molecule has 20 heavy (non-hydrogen) atoms. The van der Waals surface area contributed by atoms with Crippen molar-refractivity contribution < 1.29 is 14.7 Å². The van der Waals surface area contributed by atoms with E-state index in [2.05, 4.69) is 12.2 Å². The van der Waals surface area contributed by atoms with E-state index in [0.717, 1.165) is 12.8 Å². The molecule has 0 bridgehead atoms. The Labute approximate surface area is 119 Å². The molecule has 5 heteroatoms. The fourth-order valence-electron chi connectivity index (χ4n) is 1.87. The standard InChI is InChI=1S/C15H22N2O3/c1-3-4-9-17(10-11-18)15(20)13-5-7-14(8-6-13)16-12(2)19/h5-8,18H,3-4,9-11H2,1-2H3,(H,16,19). The second kappa shape index (κ2) is 8.32. The van der Waals surface area contributed by atoms with Crippen molar-refractivity contribution in [3.63, 3.8) is 0 Å². The van der Waals surface area contributed by atoms with Gasteiger partial charge in [0.2, 0.25) is 5.91 Å². The number of aliphatic hydroxyl groups is 1. The Balaban J connectivity index is 2.75. The summed E-state index contributed by atoms with van der Waals surface area (Å²) in [6.45, 7) is 4.44. The van der Waals surface area contributed by atoms with E-state index in [0.29, 0.717) is 24.3 Å². The van der Waals surface area contributed by atoms with Crippen LogP contribution in [-0.2, 0) is 4.79 Å². The zero-order valence-corrected chi connectivity index (χ0v) is 12.1. The second-order valence-electron chi connectivity index (χ2n) is 4.63. The van der Waals surface area contributed by atoms with Gasteiger partial charge in [-0.1, -0.05) is 13.3 Å². The molecule has 2 N–H and O–H groups in total. The Bertz CT molecular complexity index is 443. The number of hydrogen-bond donors (Lipinski definition) is 2. The number of benzene rings is 1. The Morgan fingerprint density at radius 2 is 1.85 bits per heavy atom. The minimum absolute atomic E-state index is 0.0422. The van der Waals surface area contributed by atoms with Crippen LogP contribution < -0.4 is 5.32 Å². The molecule has 1 rings (SSSR count). The molecule has 0 aliphatic rings. The van der Waals surface area contributed by atoms with Crippen LogP contribution in [-0.4, -0.2) is 41.5 Å². The minimum Gasteiger partial charge on any atom is -0.395 e. The molecule has 0 aliphatic heterocycles. The zero-order chi connectivity index (χ0) is 15.0. The highest BCUT2D eigenvalue weighted by Gasteiger charge is 2.14. The molecule has 0 saturated heterocycles. The average Bonchev–Trinajstić information content (AvgIpc) is 2.43. The van der Waals surface area contributed by atoms with Gasteiger partial charge in [-0.3, -0.25) is 9.59 Å². The van der Waals surface area contributed by atoms with Crippen LogP contribution in [0, 0.1) is 0 Å². The highest BCUT2D eigenvalue weighted by atomic mass is 16.3. The topological polar surface area (TPSA) is 69.6 Å². The van der Waals surface area contributed by atoms with Gasteiger partial charge < -0.3 is 15.3 Å². The van der Waals surface area contributed by atoms with Crippen LogP contribution in [0.15, 0.2) is 24.3 Å². The molecule has 5 nitrogen and oxygen atoms in total. The molecule has 0 unspecified atom stereocenters. The zero-order valence-electron chi connectivity index (χ0n) is 12.1. The highest BCUT2D eigenvalue weighted by molar-refractivity contribution is 5.95. The lowest BCUT2D eigenvalue weighted by Gasteiger charge is -2.21. The van der Waals surface area contributed by atoms with Crippen LogP contribution in [0.1, 0.15) is 37.0 Å². The summed E-state index contributed by atoms with van der Waals surface area (Å²) < 4.78 is 0. The van der Waals surface area contributed by atoms with Gasteiger partial charge in [0.05, 0.1) is 6.61 Å². The van der Waals surface area contributed by atoms with Crippen LogP contribution in [0.2, 0.25) is 0 Å². The molecule has 1 aromatic rings. The maximum atomic E-state index is 12.3. The lowest BCUT2D eigenvalue weighted by molar-refractivity contribution is -0.114. The number of carbonyl (C=O) groups excluding carboxylic acids is 2. The third-order valence-electron chi connectivity index (χ3n) is 2.89. The van der Waals surface area contributed by atoms with Crippen molar-refractivity contribution >= 4 is 17.5 Å². The number of rotatable bonds is 7. The molecule has 0 aliphatic carbocycles. The lowest BCUT2D eigenvalue weighted by atomic mass is 10.1. The van der Waals surface area contributed by atoms with Gasteiger partial charge in [-0.05, 0) is 30.7 Å². The smallest absolute Gasteiger partial charge is 0.253 e. The normalized spacial score (nSPS) is 10.2. The van der Waals surface area contributed by atoms with Gasteiger partial charge in [0, 0.05) is 31.3 Å². The summed E-state index contributed by atoms with van der Waals surface area (Å²) >= 11 is 0. The number of anilines is 1. The fourth-order valence-corrected chi connectivity index (χ4v) is 1.87. The lowest BCUT2D eigenvalue weighted by Crippen LogP contribution is -2.34. The summed E-state index contributed by atoms with van der Waals surface area (Å²) in [6.07, 6.45) is 1.91. The molecule has 0 saturated carbocycles. The van der Waals surface area contributed by atoms with E-state index in [4.69, 9.17) is 5.11 Å². The van der Waals surface area contributed by atoms with E-state index in [-0.39, 0.29) is 18.4 Å². The van der Waals surface area contributed by atoms with Gasteiger partial charge in [0.25, 0.3) is 5.91 Å². The number of aliphatic hydroxyl groups excluding tert-OH is 1. The van der Waals surface area contributed by atoms with Crippen molar-refractivity contribution in [2.45, 2.75) is 26.7 Å². The molecule has 1 aromatic carbocycles. The predicted octanol–water partition coefficient (Wildman–Crippen LogP) is 1.88. The Hall–Kier alpha value is -1.88. The summed E-state index contributed by atoms with van der Waals surface area (Å²) in [7, 11) is 0. The SMILES string of the molecule is CCCCN(CCO)C(=O)c1ccc(NC(C)=O)cc1. The molecule has 0 atom stereocenters. The first kappa shape index (κ1) is 16.2. The van der Waals surface area contributed by atoms with E-state index in [1.807, 2.05) is 0 Å². The van der Waals surface area contributed by atoms with Crippen molar-refractivity contribution in [1.82, 2.24) is 4.90 Å².